The Morgan fingerprint density at radius 2 is 1.88 bits per heavy atom. The van der Waals surface area contributed by atoms with Crippen molar-refractivity contribution in [3.8, 4) is 0 Å². The highest BCUT2D eigenvalue weighted by atomic mass is 19.1. The normalized spacial score (nSPS) is 10.6. The molecule has 2 amide bonds. The van der Waals surface area contributed by atoms with Gasteiger partial charge in [0.05, 0.1) is 5.56 Å². The molecule has 0 aliphatic carbocycles. The summed E-state index contributed by atoms with van der Waals surface area (Å²) in [7, 11) is 1.44. The summed E-state index contributed by atoms with van der Waals surface area (Å²) < 4.78 is 13.5. The van der Waals surface area contributed by atoms with Gasteiger partial charge in [0, 0.05) is 20.5 Å². The Balaban J connectivity index is 2.17. The van der Waals surface area contributed by atoms with E-state index in [1.165, 1.54) is 26.1 Å². The van der Waals surface area contributed by atoms with Gasteiger partial charge in [0.25, 0.3) is 5.91 Å². The summed E-state index contributed by atoms with van der Waals surface area (Å²) in [6.45, 7) is 1.64. The molecule has 2 aromatic rings. The third-order valence-corrected chi connectivity index (χ3v) is 3.24. The molecular formula is C17H17FN4O2. The lowest BCUT2D eigenvalue weighted by atomic mass is 10.1. The highest BCUT2D eigenvalue weighted by Crippen LogP contribution is 2.21. The molecule has 0 atom stereocenters. The van der Waals surface area contributed by atoms with Gasteiger partial charge in [-0.3, -0.25) is 9.59 Å². The SMILES string of the molecule is CC(=O)N(C)N=Nc1ccc(F)cc1C(=O)NCc1ccccc1. The molecule has 0 bridgehead atoms. The Kier molecular flexibility index (Phi) is 5.73. The first-order valence-electron chi connectivity index (χ1n) is 7.25. The molecule has 0 aliphatic rings. The Morgan fingerprint density at radius 1 is 1.17 bits per heavy atom. The minimum atomic E-state index is -0.557. The van der Waals surface area contributed by atoms with Crippen LogP contribution in [0.1, 0.15) is 22.8 Å². The van der Waals surface area contributed by atoms with Crippen LogP contribution in [-0.2, 0) is 11.3 Å². The molecule has 1 N–H and O–H groups in total. The smallest absolute Gasteiger partial charge is 0.253 e. The summed E-state index contributed by atoms with van der Waals surface area (Å²) in [5.41, 5.74) is 1.14. The van der Waals surface area contributed by atoms with Crippen LogP contribution in [0.2, 0.25) is 0 Å². The number of rotatable bonds is 5. The first-order chi connectivity index (χ1) is 11.5. The third-order valence-electron chi connectivity index (χ3n) is 3.24. The van der Waals surface area contributed by atoms with E-state index in [1.54, 1.807) is 0 Å². The first kappa shape index (κ1) is 17.3. The summed E-state index contributed by atoms with van der Waals surface area (Å²) in [6, 6.07) is 12.9. The van der Waals surface area contributed by atoms with E-state index >= 15 is 0 Å². The molecule has 0 aromatic heterocycles. The average Bonchev–Trinajstić information content (AvgIpc) is 2.59. The predicted molar refractivity (Wildman–Crippen MR) is 87.0 cm³/mol. The molecule has 0 radical (unpaired) electrons. The van der Waals surface area contributed by atoms with Gasteiger partial charge in [-0.25, -0.2) is 9.40 Å². The molecule has 2 rings (SSSR count). The molecule has 2 aromatic carbocycles. The molecule has 0 heterocycles. The van der Waals surface area contributed by atoms with Crippen molar-refractivity contribution in [2.24, 2.45) is 10.3 Å². The molecule has 6 nitrogen and oxygen atoms in total. The first-order valence-corrected chi connectivity index (χ1v) is 7.25. The van der Waals surface area contributed by atoms with Crippen LogP contribution >= 0.6 is 0 Å². The van der Waals surface area contributed by atoms with Crippen LogP contribution < -0.4 is 5.32 Å². The molecule has 0 unspecified atom stereocenters. The molecular weight excluding hydrogens is 311 g/mol. The fourth-order valence-corrected chi connectivity index (χ4v) is 1.83. The quantitative estimate of drug-likeness (QED) is 0.676. The van der Waals surface area contributed by atoms with Crippen molar-refractivity contribution in [3.05, 3.63) is 65.5 Å². The average molecular weight is 328 g/mol. The summed E-state index contributed by atoms with van der Waals surface area (Å²) in [4.78, 5) is 23.4. The van der Waals surface area contributed by atoms with Gasteiger partial charge in [0.2, 0.25) is 5.91 Å². The molecule has 24 heavy (non-hydrogen) atoms. The predicted octanol–water partition coefficient (Wildman–Crippen LogP) is 3.23. The van der Waals surface area contributed by atoms with Crippen molar-refractivity contribution in [1.82, 2.24) is 10.3 Å². The third kappa shape index (κ3) is 4.70. The molecule has 0 fully saturated rings. The topological polar surface area (TPSA) is 74.1 Å². The van der Waals surface area contributed by atoms with E-state index in [9.17, 15) is 14.0 Å². The number of halogens is 1. The van der Waals surface area contributed by atoms with E-state index in [0.717, 1.165) is 16.6 Å². The van der Waals surface area contributed by atoms with Gasteiger partial charge in [-0.05, 0) is 23.8 Å². The Morgan fingerprint density at radius 3 is 2.54 bits per heavy atom. The Hall–Kier alpha value is -3.09. The highest BCUT2D eigenvalue weighted by Gasteiger charge is 2.13. The maximum absolute atomic E-state index is 13.5. The molecule has 0 saturated heterocycles. The van der Waals surface area contributed by atoms with Gasteiger partial charge in [0.15, 0.2) is 0 Å². The summed E-state index contributed by atoms with van der Waals surface area (Å²) in [5, 5.41) is 11.3. The van der Waals surface area contributed by atoms with Crippen LogP contribution in [0.5, 0.6) is 0 Å². The van der Waals surface area contributed by atoms with Gasteiger partial charge in [-0.1, -0.05) is 35.6 Å². The Bertz CT molecular complexity index is 762. The van der Waals surface area contributed by atoms with E-state index in [2.05, 4.69) is 15.7 Å². The minimum Gasteiger partial charge on any atom is -0.348 e. The number of carbonyl (C=O) groups is 2. The largest absolute Gasteiger partial charge is 0.348 e. The standard InChI is InChI=1S/C17H17FN4O2/c1-12(23)22(2)21-20-16-9-8-14(18)10-15(16)17(24)19-11-13-6-4-3-5-7-13/h3-10H,11H2,1-2H3,(H,19,24). The van der Waals surface area contributed by atoms with Crippen LogP contribution in [0.3, 0.4) is 0 Å². The zero-order valence-electron chi connectivity index (χ0n) is 13.4. The van der Waals surface area contributed by atoms with E-state index in [1.807, 2.05) is 30.3 Å². The number of nitrogens with one attached hydrogen (secondary N) is 1. The second-order valence-electron chi connectivity index (χ2n) is 5.06. The summed E-state index contributed by atoms with van der Waals surface area (Å²) >= 11 is 0. The van der Waals surface area contributed by atoms with Crippen molar-refractivity contribution in [2.75, 3.05) is 7.05 Å². The fraction of sp³-hybridized carbons (Fsp3) is 0.176. The lowest BCUT2D eigenvalue weighted by molar-refractivity contribution is -0.127. The molecule has 124 valence electrons. The van der Waals surface area contributed by atoms with Crippen LogP contribution in [-0.4, -0.2) is 23.9 Å². The number of benzene rings is 2. The van der Waals surface area contributed by atoms with E-state index in [-0.39, 0.29) is 17.2 Å². The van der Waals surface area contributed by atoms with E-state index < -0.39 is 11.7 Å². The monoisotopic (exact) mass is 328 g/mol. The van der Waals surface area contributed by atoms with Crippen LogP contribution in [0, 0.1) is 5.82 Å². The summed E-state index contributed by atoms with van der Waals surface area (Å²) in [5.74, 6) is -1.34. The number of amides is 2. The number of hydrogen-bond donors (Lipinski definition) is 1. The van der Waals surface area contributed by atoms with E-state index in [0.29, 0.717) is 6.54 Å². The van der Waals surface area contributed by atoms with Crippen molar-refractivity contribution in [2.45, 2.75) is 13.5 Å². The van der Waals surface area contributed by atoms with Gasteiger partial charge in [-0.2, -0.15) is 0 Å². The van der Waals surface area contributed by atoms with Crippen molar-refractivity contribution < 1.29 is 14.0 Å². The van der Waals surface area contributed by atoms with E-state index in [4.69, 9.17) is 0 Å². The molecule has 0 saturated carbocycles. The number of carbonyl (C=O) groups excluding carboxylic acids is 2. The number of nitrogens with zero attached hydrogens (tertiary/aromatic N) is 3. The van der Waals surface area contributed by atoms with Gasteiger partial charge in [0.1, 0.15) is 11.5 Å². The highest BCUT2D eigenvalue weighted by molar-refractivity contribution is 5.98. The van der Waals surface area contributed by atoms with Crippen LogP contribution in [0.25, 0.3) is 0 Å². The Labute approximate surface area is 139 Å². The molecule has 0 aliphatic heterocycles. The minimum absolute atomic E-state index is 0.0478. The lowest BCUT2D eigenvalue weighted by Gasteiger charge is -2.09. The molecule has 0 spiro atoms. The van der Waals surface area contributed by atoms with Gasteiger partial charge >= 0.3 is 0 Å². The lowest BCUT2D eigenvalue weighted by Crippen LogP contribution is -2.23. The molecule has 7 heteroatoms. The van der Waals surface area contributed by atoms with Crippen LogP contribution in [0.15, 0.2) is 58.9 Å². The van der Waals surface area contributed by atoms with Crippen molar-refractivity contribution in [1.29, 1.82) is 0 Å². The second-order valence-corrected chi connectivity index (χ2v) is 5.06. The van der Waals surface area contributed by atoms with Crippen molar-refractivity contribution >= 4 is 17.5 Å². The van der Waals surface area contributed by atoms with Crippen molar-refractivity contribution in [3.63, 3.8) is 0 Å². The maximum atomic E-state index is 13.5. The zero-order valence-corrected chi connectivity index (χ0v) is 13.4. The fourth-order valence-electron chi connectivity index (χ4n) is 1.83. The maximum Gasteiger partial charge on any atom is 0.253 e. The summed E-state index contributed by atoms with van der Waals surface area (Å²) in [6.07, 6.45) is 0. The zero-order chi connectivity index (χ0) is 17.5. The second kappa shape index (κ2) is 7.96. The van der Waals surface area contributed by atoms with Gasteiger partial charge < -0.3 is 5.32 Å². The number of hydrogen-bond acceptors (Lipinski definition) is 4. The van der Waals surface area contributed by atoms with Crippen LogP contribution in [0.4, 0.5) is 10.1 Å². The van der Waals surface area contributed by atoms with Gasteiger partial charge in [-0.15, -0.1) is 5.11 Å².